The van der Waals surface area contributed by atoms with Gasteiger partial charge in [-0.2, -0.15) is 0 Å². The number of ether oxygens (including phenoxy) is 2. The molecular weight excluding hydrogens is 378 g/mol. The van der Waals surface area contributed by atoms with Crippen molar-refractivity contribution >= 4 is 11.0 Å². The normalized spacial score (nSPS) is 23.5. The Balaban J connectivity index is 1.50. The van der Waals surface area contributed by atoms with Crippen molar-refractivity contribution in [3.8, 4) is 5.75 Å². The summed E-state index contributed by atoms with van der Waals surface area (Å²) in [6.07, 6.45) is 6.63. The Kier molecular flexibility index (Phi) is 5.09. The number of benzene rings is 2. The molecule has 2 heterocycles. The third-order valence-electron chi connectivity index (χ3n) is 6.70. The zero-order valence-corrected chi connectivity index (χ0v) is 17.2. The summed E-state index contributed by atoms with van der Waals surface area (Å²) >= 11 is 0. The SMILES string of the molecule is COc1ccc(C2CNC(c3coc4ccccc4c3=O)OC23CCCCC3)cc1. The van der Waals surface area contributed by atoms with Crippen molar-refractivity contribution in [3.63, 3.8) is 0 Å². The number of hydrogen-bond donors (Lipinski definition) is 1. The predicted octanol–water partition coefficient (Wildman–Crippen LogP) is 4.91. The number of fused-ring (bicyclic) bond motifs is 1. The molecule has 3 aromatic rings. The smallest absolute Gasteiger partial charge is 0.199 e. The Morgan fingerprint density at radius 1 is 1.03 bits per heavy atom. The van der Waals surface area contributed by atoms with Crippen molar-refractivity contribution in [2.24, 2.45) is 0 Å². The predicted molar refractivity (Wildman–Crippen MR) is 116 cm³/mol. The summed E-state index contributed by atoms with van der Waals surface area (Å²) in [7, 11) is 1.68. The molecule has 30 heavy (non-hydrogen) atoms. The van der Waals surface area contributed by atoms with E-state index in [2.05, 4.69) is 17.4 Å². The largest absolute Gasteiger partial charge is 0.497 e. The van der Waals surface area contributed by atoms with Crippen LogP contribution in [0.5, 0.6) is 5.75 Å². The van der Waals surface area contributed by atoms with E-state index < -0.39 is 6.23 Å². The molecule has 1 aromatic heterocycles. The van der Waals surface area contributed by atoms with Crippen LogP contribution in [0, 0.1) is 0 Å². The van der Waals surface area contributed by atoms with Crippen LogP contribution in [0.15, 0.2) is 64.0 Å². The first-order chi connectivity index (χ1) is 14.7. The van der Waals surface area contributed by atoms with E-state index in [1.807, 2.05) is 36.4 Å². The lowest BCUT2D eigenvalue weighted by atomic mass is 9.71. The Bertz CT molecular complexity index is 1080. The molecule has 0 amide bonds. The van der Waals surface area contributed by atoms with Crippen LogP contribution in [0.3, 0.4) is 0 Å². The summed E-state index contributed by atoms with van der Waals surface area (Å²) in [4.78, 5) is 13.1. The van der Waals surface area contributed by atoms with E-state index >= 15 is 0 Å². The van der Waals surface area contributed by atoms with E-state index in [-0.39, 0.29) is 16.9 Å². The monoisotopic (exact) mass is 405 g/mol. The van der Waals surface area contributed by atoms with Gasteiger partial charge in [0.05, 0.1) is 23.7 Å². The molecule has 1 aliphatic carbocycles. The van der Waals surface area contributed by atoms with E-state index in [0.29, 0.717) is 16.5 Å². The molecule has 1 N–H and O–H groups in total. The van der Waals surface area contributed by atoms with Gasteiger partial charge in [-0.1, -0.05) is 43.5 Å². The van der Waals surface area contributed by atoms with Crippen LogP contribution in [-0.2, 0) is 4.74 Å². The minimum Gasteiger partial charge on any atom is -0.497 e. The molecule has 2 fully saturated rings. The van der Waals surface area contributed by atoms with E-state index in [9.17, 15) is 4.79 Å². The number of nitrogens with one attached hydrogen (secondary N) is 1. The van der Waals surface area contributed by atoms with Crippen LogP contribution in [-0.4, -0.2) is 19.3 Å². The van der Waals surface area contributed by atoms with Gasteiger partial charge in [-0.15, -0.1) is 0 Å². The van der Waals surface area contributed by atoms with Gasteiger partial charge in [-0.25, -0.2) is 0 Å². The van der Waals surface area contributed by atoms with Crippen LogP contribution in [0.2, 0.25) is 0 Å². The summed E-state index contributed by atoms with van der Waals surface area (Å²) in [5.41, 5.74) is 2.09. The van der Waals surface area contributed by atoms with Gasteiger partial charge in [0.1, 0.15) is 23.8 Å². The van der Waals surface area contributed by atoms with Crippen molar-refractivity contribution in [2.45, 2.75) is 49.9 Å². The minimum atomic E-state index is -0.460. The molecule has 2 aromatic carbocycles. The summed E-state index contributed by atoms with van der Waals surface area (Å²) in [6, 6.07) is 15.6. The van der Waals surface area contributed by atoms with Gasteiger partial charge < -0.3 is 13.9 Å². The second kappa shape index (κ2) is 7.89. The van der Waals surface area contributed by atoms with Crippen LogP contribution >= 0.6 is 0 Å². The van der Waals surface area contributed by atoms with Crippen molar-refractivity contribution in [1.82, 2.24) is 5.32 Å². The molecule has 0 radical (unpaired) electrons. The lowest BCUT2D eigenvalue weighted by Crippen LogP contribution is -2.53. The zero-order valence-electron chi connectivity index (χ0n) is 17.2. The summed E-state index contributed by atoms with van der Waals surface area (Å²) in [6.45, 7) is 0.753. The Morgan fingerprint density at radius 2 is 1.80 bits per heavy atom. The highest BCUT2D eigenvalue weighted by Crippen LogP contribution is 2.47. The summed E-state index contributed by atoms with van der Waals surface area (Å²) in [5, 5.41) is 4.07. The third-order valence-corrected chi connectivity index (χ3v) is 6.70. The fraction of sp³-hybridized carbons (Fsp3) is 0.400. The minimum absolute atomic E-state index is 0.0248. The van der Waals surface area contributed by atoms with Crippen molar-refractivity contribution in [2.75, 3.05) is 13.7 Å². The summed E-state index contributed by atoms with van der Waals surface area (Å²) in [5.74, 6) is 1.08. The first-order valence-corrected chi connectivity index (χ1v) is 10.8. The number of para-hydroxylation sites is 1. The molecular formula is C25H27NO4. The molecule has 0 bridgehead atoms. The first-order valence-electron chi connectivity index (χ1n) is 10.8. The van der Waals surface area contributed by atoms with Gasteiger partial charge in [0.15, 0.2) is 5.43 Å². The standard InChI is InChI=1S/C25H27NO4/c1-28-18-11-9-17(10-12-18)21-15-26-24(30-25(21)13-5-2-6-14-25)20-16-29-22-8-4-3-7-19(22)23(20)27/h3-4,7-12,16,21,24,26H,2,5-6,13-15H2,1H3. The van der Waals surface area contributed by atoms with Crippen LogP contribution in [0.25, 0.3) is 11.0 Å². The van der Waals surface area contributed by atoms with Crippen LogP contribution < -0.4 is 15.5 Å². The maximum absolute atomic E-state index is 13.1. The molecule has 2 unspecified atom stereocenters. The lowest BCUT2D eigenvalue weighted by molar-refractivity contribution is -0.168. The second-order valence-electron chi connectivity index (χ2n) is 8.37. The second-order valence-corrected chi connectivity index (χ2v) is 8.37. The van der Waals surface area contributed by atoms with Gasteiger partial charge in [0.2, 0.25) is 0 Å². The number of rotatable bonds is 3. The third kappa shape index (κ3) is 3.32. The molecule has 2 atom stereocenters. The van der Waals surface area contributed by atoms with E-state index in [1.165, 1.54) is 12.0 Å². The van der Waals surface area contributed by atoms with Gasteiger partial charge >= 0.3 is 0 Å². The van der Waals surface area contributed by atoms with Gasteiger partial charge in [-0.3, -0.25) is 10.1 Å². The van der Waals surface area contributed by atoms with E-state index in [1.54, 1.807) is 13.4 Å². The highest BCUT2D eigenvalue weighted by atomic mass is 16.5. The number of hydrogen-bond acceptors (Lipinski definition) is 5. The maximum atomic E-state index is 13.1. The molecule has 5 rings (SSSR count). The van der Waals surface area contributed by atoms with Crippen LogP contribution in [0.4, 0.5) is 0 Å². The molecule has 156 valence electrons. The van der Waals surface area contributed by atoms with Crippen molar-refractivity contribution in [3.05, 3.63) is 76.1 Å². The summed E-state index contributed by atoms with van der Waals surface area (Å²) < 4.78 is 17.8. The maximum Gasteiger partial charge on any atom is 0.199 e. The van der Waals surface area contributed by atoms with Gasteiger partial charge in [0, 0.05) is 12.5 Å². The molecule has 1 spiro atoms. The molecule has 2 aliphatic rings. The fourth-order valence-electron chi connectivity index (χ4n) is 5.09. The van der Waals surface area contributed by atoms with Crippen molar-refractivity contribution in [1.29, 1.82) is 0 Å². The Hall–Kier alpha value is -2.63. The molecule has 5 nitrogen and oxygen atoms in total. The van der Waals surface area contributed by atoms with Gasteiger partial charge in [-0.05, 0) is 42.7 Å². The quantitative estimate of drug-likeness (QED) is 0.671. The lowest BCUT2D eigenvalue weighted by Gasteiger charge is -2.49. The van der Waals surface area contributed by atoms with Crippen molar-refractivity contribution < 1.29 is 13.9 Å². The topological polar surface area (TPSA) is 60.7 Å². The van der Waals surface area contributed by atoms with E-state index in [4.69, 9.17) is 13.9 Å². The molecule has 1 aliphatic heterocycles. The molecule has 1 saturated carbocycles. The van der Waals surface area contributed by atoms with Gasteiger partial charge in [0.25, 0.3) is 0 Å². The zero-order chi connectivity index (χ0) is 20.6. The number of methoxy groups -OCH3 is 1. The highest BCUT2D eigenvalue weighted by molar-refractivity contribution is 5.76. The van der Waals surface area contributed by atoms with Crippen LogP contribution in [0.1, 0.15) is 55.4 Å². The fourth-order valence-corrected chi connectivity index (χ4v) is 5.09. The average Bonchev–Trinajstić information content (AvgIpc) is 2.80. The molecule has 1 saturated heterocycles. The highest BCUT2D eigenvalue weighted by Gasteiger charge is 2.47. The Labute approximate surface area is 176 Å². The Morgan fingerprint density at radius 3 is 2.57 bits per heavy atom. The van der Waals surface area contributed by atoms with E-state index in [0.717, 1.165) is 38.0 Å². The average molecular weight is 405 g/mol. The molecule has 5 heteroatoms. The first kappa shape index (κ1) is 19.3.